The predicted octanol–water partition coefficient (Wildman–Crippen LogP) is 8.95. The van der Waals surface area contributed by atoms with Gasteiger partial charge in [-0.05, 0) is 85.5 Å². The second-order valence-electron chi connectivity index (χ2n) is 12.6. The van der Waals surface area contributed by atoms with Crippen LogP contribution in [0.3, 0.4) is 0 Å². The SMILES string of the molecule is C=C1CC[C@H](OC(=O)CBr)C/C1=C/C=C1\CCC[C@@]2(C)C1CC[C@@H]2[C@H](C)CCCC(C)(C)C. The summed E-state index contributed by atoms with van der Waals surface area (Å²) in [7, 11) is 0. The molecular formula is C30H47BrO2. The quantitative estimate of drug-likeness (QED) is 0.248. The summed E-state index contributed by atoms with van der Waals surface area (Å²) >= 11 is 3.20. The van der Waals surface area contributed by atoms with Gasteiger partial charge in [0.2, 0.25) is 0 Å². The molecule has 3 rings (SSSR count). The fourth-order valence-corrected chi connectivity index (χ4v) is 7.20. The molecule has 0 radical (unpaired) electrons. The lowest BCUT2D eigenvalue weighted by atomic mass is 9.60. The second kappa shape index (κ2) is 11.3. The maximum Gasteiger partial charge on any atom is 0.316 e. The van der Waals surface area contributed by atoms with Crippen molar-refractivity contribution in [3.05, 3.63) is 35.5 Å². The van der Waals surface area contributed by atoms with Crippen LogP contribution < -0.4 is 0 Å². The standard InChI is InChI=1S/C30H47BrO2/c1-21-11-14-25(33-28(32)20-31)19-24(21)13-12-23-10-8-18-30(6)26(15-16-27(23)30)22(2)9-7-17-29(3,4)5/h12-13,22,25-27H,1,7-11,14-20H2,2-6H3/b23-12+,24-13-/t22-,25+,26-,27?,30-/m1/s1. The van der Waals surface area contributed by atoms with E-state index in [0.29, 0.717) is 10.8 Å². The van der Waals surface area contributed by atoms with Crippen molar-refractivity contribution in [3.63, 3.8) is 0 Å². The Bertz CT molecular complexity index is 771. The zero-order valence-electron chi connectivity index (χ0n) is 21.9. The molecule has 0 bridgehead atoms. The summed E-state index contributed by atoms with van der Waals surface area (Å²) in [6.45, 7) is 16.5. The Kier molecular flexibility index (Phi) is 9.14. The molecule has 186 valence electrons. The number of ether oxygens (including phenoxy) is 1. The van der Waals surface area contributed by atoms with E-state index >= 15 is 0 Å². The Morgan fingerprint density at radius 1 is 1.24 bits per heavy atom. The monoisotopic (exact) mass is 518 g/mol. The van der Waals surface area contributed by atoms with Gasteiger partial charge in [0.15, 0.2) is 0 Å². The zero-order valence-corrected chi connectivity index (χ0v) is 23.4. The summed E-state index contributed by atoms with van der Waals surface area (Å²) in [5.41, 5.74) is 5.06. The highest BCUT2D eigenvalue weighted by Crippen LogP contribution is 2.60. The van der Waals surface area contributed by atoms with E-state index in [1.54, 1.807) is 5.57 Å². The van der Waals surface area contributed by atoms with Gasteiger partial charge in [0.05, 0.1) is 0 Å². The third kappa shape index (κ3) is 6.86. The first-order valence-electron chi connectivity index (χ1n) is 13.4. The average Bonchev–Trinajstić information content (AvgIpc) is 3.10. The number of hydrogen-bond donors (Lipinski definition) is 0. The molecule has 0 amide bonds. The number of fused-ring (bicyclic) bond motifs is 1. The van der Waals surface area contributed by atoms with Crippen molar-refractivity contribution in [2.24, 2.45) is 28.6 Å². The van der Waals surface area contributed by atoms with E-state index in [9.17, 15) is 4.79 Å². The van der Waals surface area contributed by atoms with E-state index < -0.39 is 0 Å². The van der Waals surface area contributed by atoms with Crippen LogP contribution in [0.15, 0.2) is 35.5 Å². The number of rotatable bonds is 7. The molecule has 0 heterocycles. The van der Waals surface area contributed by atoms with Crippen LogP contribution >= 0.6 is 15.9 Å². The number of esters is 1. The van der Waals surface area contributed by atoms with Gasteiger partial charge in [0, 0.05) is 6.42 Å². The molecule has 0 aromatic rings. The van der Waals surface area contributed by atoms with Crippen LogP contribution in [0.2, 0.25) is 0 Å². The highest BCUT2D eigenvalue weighted by molar-refractivity contribution is 9.09. The summed E-state index contributed by atoms with van der Waals surface area (Å²) in [5, 5.41) is 0.267. The fourth-order valence-electron chi connectivity index (χ4n) is 7.07. The molecule has 1 unspecified atom stereocenters. The van der Waals surface area contributed by atoms with Gasteiger partial charge in [-0.15, -0.1) is 0 Å². The Morgan fingerprint density at radius 2 is 2.00 bits per heavy atom. The lowest BCUT2D eigenvalue weighted by Gasteiger charge is -2.44. The maximum absolute atomic E-state index is 11.7. The van der Waals surface area contributed by atoms with Gasteiger partial charge in [-0.1, -0.05) is 93.3 Å². The van der Waals surface area contributed by atoms with Gasteiger partial charge in [-0.25, -0.2) is 0 Å². The van der Waals surface area contributed by atoms with Crippen LogP contribution in [0.25, 0.3) is 0 Å². The summed E-state index contributed by atoms with van der Waals surface area (Å²) in [4.78, 5) is 11.7. The molecule has 3 aliphatic carbocycles. The summed E-state index contributed by atoms with van der Waals surface area (Å²) in [5.74, 6) is 2.25. The van der Waals surface area contributed by atoms with E-state index in [2.05, 4.69) is 69.3 Å². The van der Waals surface area contributed by atoms with Crippen molar-refractivity contribution in [1.82, 2.24) is 0 Å². The van der Waals surface area contributed by atoms with Crippen molar-refractivity contribution in [2.45, 2.75) is 111 Å². The van der Waals surface area contributed by atoms with E-state index in [-0.39, 0.29) is 17.4 Å². The van der Waals surface area contributed by atoms with Crippen LogP contribution in [0.1, 0.15) is 105 Å². The molecule has 0 spiro atoms. The van der Waals surface area contributed by atoms with E-state index in [1.807, 2.05) is 0 Å². The Morgan fingerprint density at radius 3 is 2.70 bits per heavy atom. The highest BCUT2D eigenvalue weighted by Gasteiger charge is 2.50. The van der Waals surface area contributed by atoms with Crippen molar-refractivity contribution < 1.29 is 9.53 Å². The predicted molar refractivity (Wildman–Crippen MR) is 143 cm³/mol. The van der Waals surface area contributed by atoms with Gasteiger partial charge in [-0.3, -0.25) is 4.79 Å². The zero-order chi connectivity index (χ0) is 24.2. The smallest absolute Gasteiger partial charge is 0.316 e. The van der Waals surface area contributed by atoms with Gasteiger partial charge in [0.1, 0.15) is 11.4 Å². The normalized spacial score (nSPS) is 33.9. The molecule has 0 N–H and O–H groups in total. The lowest BCUT2D eigenvalue weighted by molar-refractivity contribution is -0.146. The molecule has 2 nitrogen and oxygen atoms in total. The highest BCUT2D eigenvalue weighted by atomic mass is 79.9. The molecule has 5 atom stereocenters. The van der Waals surface area contributed by atoms with Crippen LogP contribution in [0.4, 0.5) is 0 Å². The average molecular weight is 520 g/mol. The third-order valence-electron chi connectivity index (χ3n) is 8.89. The molecule has 3 heteroatoms. The van der Waals surface area contributed by atoms with Crippen molar-refractivity contribution in [2.75, 3.05) is 5.33 Å². The third-order valence-corrected chi connectivity index (χ3v) is 9.34. The van der Waals surface area contributed by atoms with E-state index in [4.69, 9.17) is 4.74 Å². The molecular weight excluding hydrogens is 472 g/mol. The first-order valence-corrected chi connectivity index (χ1v) is 14.5. The van der Waals surface area contributed by atoms with E-state index in [0.717, 1.165) is 37.0 Å². The van der Waals surface area contributed by atoms with Gasteiger partial charge < -0.3 is 4.74 Å². The number of alkyl halides is 1. The minimum atomic E-state index is -0.165. The van der Waals surface area contributed by atoms with Gasteiger partial charge in [-0.2, -0.15) is 0 Å². The number of hydrogen-bond acceptors (Lipinski definition) is 2. The first-order chi connectivity index (χ1) is 15.5. The molecule has 0 aliphatic heterocycles. The van der Waals surface area contributed by atoms with Gasteiger partial charge in [0.25, 0.3) is 0 Å². The molecule has 0 aromatic heterocycles. The molecule has 3 aliphatic rings. The van der Waals surface area contributed by atoms with Crippen molar-refractivity contribution in [3.8, 4) is 0 Å². The fraction of sp³-hybridized carbons (Fsp3) is 0.767. The van der Waals surface area contributed by atoms with Gasteiger partial charge >= 0.3 is 5.97 Å². The van der Waals surface area contributed by atoms with Crippen molar-refractivity contribution >= 4 is 21.9 Å². The Labute approximate surface area is 211 Å². The number of carbonyl (C=O) groups is 1. The minimum absolute atomic E-state index is 0.00775. The molecule has 33 heavy (non-hydrogen) atoms. The van der Waals surface area contributed by atoms with Crippen LogP contribution in [-0.4, -0.2) is 17.4 Å². The topological polar surface area (TPSA) is 26.3 Å². The summed E-state index contributed by atoms with van der Waals surface area (Å²) in [6, 6.07) is 0. The number of halogens is 1. The summed E-state index contributed by atoms with van der Waals surface area (Å²) < 4.78 is 5.60. The maximum atomic E-state index is 11.7. The van der Waals surface area contributed by atoms with Crippen LogP contribution in [0, 0.1) is 28.6 Å². The van der Waals surface area contributed by atoms with Crippen LogP contribution in [0.5, 0.6) is 0 Å². The molecule has 0 aromatic carbocycles. The minimum Gasteiger partial charge on any atom is -0.461 e. The van der Waals surface area contributed by atoms with Crippen molar-refractivity contribution in [1.29, 1.82) is 0 Å². The van der Waals surface area contributed by atoms with Crippen LogP contribution in [-0.2, 0) is 9.53 Å². The molecule has 3 saturated carbocycles. The Balaban J connectivity index is 1.67. The van der Waals surface area contributed by atoms with E-state index in [1.165, 1.54) is 62.5 Å². The number of carbonyl (C=O) groups excluding carboxylic acids is 1. The molecule has 3 fully saturated rings. The summed E-state index contributed by atoms with van der Waals surface area (Å²) in [6.07, 6.45) is 18.1. The largest absolute Gasteiger partial charge is 0.461 e. The second-order valence-corrected chi connectivity index (χ2v) is 13.1. The first kappa shape index (κ1) is 26.8. The number of allylic oxidation sites excluding steroid dienone is 4. The molecule has 0 saturated heterocycles. The Hall–Kier alpha value is -0.830. The lowest BCUT2D eigenvalue weighted by Crippen LogP contribution is -2.36.